The molecule has 2 aromatic carbocycles. The molecule has 0 heterocycles. The van der Waals surface area contributed by atoms with Gasteiger partial charge in [0.05, 0.1) is 10.8 Å². The zero-order valence-corrected chi connectivity index (χ0v) is 14.2. The van der Waals surface area contributed by atoms with Crippen LogP contribution in [-0.2, 0) is 4.79 Å². The fourth-order valence-corrected chi connectivity index (χ4v) is 2.42. The summed E-state index contributed by atoms with van der Waals surface area (Å²) in [6, 6.07) is 13.9. The SMILES string of the molecule is CC[C@H](C)c1ccc(NC(=O)[C@@H](C)c2ccc([N+](=O)[O-])cc2)cc1. The monoisotopic (exact) mass is 326 g/mol. The topological polar surface area (TPSA) is 72.2 Å². The number of nitrogens with one attached hydrogen (secondary N) is 1. The van der Waals surface area contributed by atoms with Crippen LogP contribution in [0.25, 0.3) is 0 Å². The Morgan fingerprint density at radius 3 is 2.08 bits per heavy atom. The number of amides is 1. The van der Waals surface area contributed by atoms with E-state index in [4.69, 9.17) is 0 Å². The smallest absolute Gasteiger partial charge is 0.269 e. The molecule has 5 nitrogen and oxygen atoms in total. The van der Waals surface area contributed by atoms with Crippen molar-refractivity contribution >= 4 is 17.3 Å². The second-order valence-electron chi connectivity index (χ2n) is 5.99. The van der Waals surface area contributed by atoms with Crippen LogP contribution in [0.1, 0.15) is 50.2 Å². The summed E-state index contributed by atoms with van der Waals surface area (Å²) in [4.78, 5) is 22.6. The van der Waals surface area contributed by atoms with Crippen molar-refractivity contribution in [3.63, 3.8) is 0 Å². The van der Waals surface area contributed by atoms with Crippen LogP contribution in [-0.4, -0.2) is 10.8 Å². The van der Waals surface area contributed by atoms with E-state index in [0.717, 1.165) is 17.7 Å². The maximum atomic E-state index is 12.4. The number of non-ortho nitro benzene ring substituents is 1. The van der Waals surface area contributed by atoms with Crippen molar-refractivity contribution in [3.05, 3.63) is 69.8 Å². The molecule has 126 valence electrons. The van der Waals surface area contributed by atoms with E-state index in [-0.39, 0.29) is 17.5 Å². The third-order valence-corrected chi connectivity index (χ3v) is 4.36. The maximum absolute atomic E-state index is 12.4. The molecule has 0 unspecified atom stereocenters. The molecule has 0 aliphatic carbocycles. The molecule has 0 radical (unpaired) electrons. The normalized spacial score (nSPS) is 13.1. The molecule has 0 aliphatic heterocycles. The molecule has 0 saturated heterocycles. The second-order valence-corrected chi connectivity index (χ2v) is 5.99. The van der Waals surface area contributed by atoms with Crippen molar-refractivity contribution in [2.75, 3.05) is 5.32 Å². The molecule has 2 rings (SSSR count). The summed E-state index contributed by atoms with van der Waals surface area (Å²) in [5.74, 6) is -0.0334. The highest BCUT2D eigenvalue weighted by Gasteiger charge is 2.16. The summed E-state index contributed by atoms with van der Waals surface area (Å²) < 4.78 is 0. The molecule has 0 aliphatic rings. The van der Waals surface area contributed by atoms with Crippen LogP contribution in [0.2, 0.25) is 0 Å². The first-order valence-electron chi connectivity index (χ1n) is 8.07. The van der Waals surface area contributed by atoms with E-state index >= 15 is 0 Å². The Morgan fingerprint density at radius 2 is 1.58 bits per heavy atom. The lowest BCUT2D eigenvalue weighted by Gasteiger charge is -2.14. The van der Waals surface area contributed by atoms with E-state index in [9.17, 15) is 14.9 Å². The highest BCUT2D eigenvalue weighted by molar-refractivity contribution is 5.95. The number of rotatable bonds is 6. The van der Waals surface area contributed by atoms with Crippen molar-refractivity contribution < 1.29 is 9.72 Å². The van der Waals surface area contributed by atoms with Crippen molar-refractivity contribution in [2.24, 2.45) is 0 Å². The highest BCUT2D eigenvalue weighted by atomic mass is 16.6. The third-order valence-electron chi connectivity index (χ3n) is 4.36. The fourth-order valence-electron chi connectivity index (χ4n) is 2.42. The number of nitro groups is 1. The quantitative estimate of drug-likeness (QED) is 0.609. The Balaban J connectivity index is 2.04. The minimum Gasteiger partial charge on any atom is -0.326 e. The Labute approximate surface area is 141 Å². The number of nitro benzene ring substituents is 1. The zero-order valence-electron chi connectivity index (χ0n) is 14.2. The van der Waals surface area contributed by atoms with E-state index in [2.05, 4.69) is 19.2 Å². The van der Waals surface area contributed by atoms with Gasteiger partial charge in [0, 0.05) is 17.8 Å². The summed E-state index contributed by atoms with van der Waals surface area (Å²) in [5, 5.41) is 13.6. The van der Waals surface area contributed by atoms with Crippen LogP contribution in [0.4, 0.5) is 11.4 Å². The Hall–Kier alpha value is -2.69. The first-order valence-corrected chi connectivity index (χ1v) is 8.07. The highest BCUT2D eigenvalue weighted by Crippen LogP contribution is 2.23. The van der Waals surface area contributed by atoms with Crippen molar-refractivity contribution in [1.82, 2.24) is 0 Å². The van der Waals surface area contributed by atoms with Gasteiger partial charge in [0.2, 0.25) is 5.91 Å². The average Bonchev–Trinajstić information content (AvgIpc) is 2.61. The molecule has 0 spiro atoms. The molecule has 1 N–H and O–H groups in total. The van der Waals surface area contributed by atoms with E-state index in [1.165, 1.54) is 17.7 Å². The van der Waals surface area contributed by atoms with Gasteiger partial charge in [-0.05, 0) is 42.5 Å². The molecule has 0 bridgehead atoms. The average molecular weight is 326 g/mol. The van der Waals surface area contributed by atoms with E-state index in [0.29, 0.717) is 5.92 Å². The molecule has 2 atom stereocenters. The van der Waals surface area contributed by atoms with E-state index < -0.39 is 4.92 Å². The molecule has 5 heteroatoms. The summed E-state index contributed by atoms with van der Waals surface area (Å²) >= 11 is 0. The molecule has 24 heavy (non-hydrogen) atoms. The van der Waals surface area contributed by atoms with Gasteiger partial charge >= 0.3 is 0 Å². The molecule has 0 saturated carbocycles. The van der Waals surface area contributed by atoms with Crippen molar-refractivity contribution in [2.45, 2.75) is 39.0 Å². The minimum absolute atomic E-state index is 0.0204. The molecule has 2 aromatic rings. The van der Waals surface area contributed by atoms with Gasteiger partial charge in [0.25, 0.3) is 5.69 Å². The summed E-state index contributed by atoms with van der Waals surface area (Å²) in [7, 11) is 0. The van der Waals surface area contributed by atoms with Crippen molar-refractivity contribution in [1.29, 1.82) is 0 Å². The molecular formula is C19H22N2O3. The van der Waals surface area contributed by atoms with Gasteiger partial charge in [-0.15, -0.1) is 0 Å². The predicted octanol–water partition coefficient (Wildman–Crippen LogP) is 4.85. The minimum atomic E-state index is -0.451. The molecule has 0 aromatic heterocycles. The molecule has 1 amide bonds. The van der Waals surface area contributed by atoms with Gasteiger partial charge in [-0.2, -0.15) is 0 Å². The van der Waals surface area contributed by atoms with Crippen molar-refractivity contribution in [3.8, 4) is 0 Å². The first kappa shape index (κ1) is 17.7. The summed E-state index contributed by atoms with van der Waals surface area (Å²) in [5.41, 5.74) is 2.76. The number of hydrogen-bond donors (Lipinski definition) is 1. The number of benzene rings is 2. The lowest BCUT2D eigenvalue weighted by Crippen LogP contribution is -2.18. The number of nitrogens with zero attached hydrogens (tertiary/aromatic N) is 1. The van der Waals surface area contributed by atoms with Gasteiger partial charge in [-0.3, -0.25) is 14.9 Å². The fraction of sp³-hybridized carbons (Fsp3) is 0.316. The van der Waals surface area contributed by atoms with Gasteiger partial charge in [-0.25, -0.2) is 0 Å². The van der Waals surface area contributed by atoms with Crippen LogP contribution < -0.4 is 5.32 Å². The van der Waals surface area contributed by atoms with Gasteiger partial charge in [0.15, 0.2) is 0 Å². The van der Waals surface area contributed by atoms with Crippen LogP contribution in [0, 0.1) is 10.1 Å². The van der Waals surface area contributed by atoms with Gasteiger partial charge in [-0.1, -0.05) is 38.1 Å². The summed E-state index contributed by atoms with van der Waals surface area (Å²) in [6.07, 6.45) is 1.07. The number of anilines is 1. The second kappa shape index (κ2) is 7.73. The van der Waals surface area contributed by atoms with Crippen LogP contribution in [0.5, 0.6) is 0 Å². The Bertz CT molecular complexity index is 708. The van der Waals surface area contributed by atoms with E-state index in [1.807, 2.05) is 24.3 Å². The number of hydrogen-bond acceptors (Lipinski definition) is 3. The van der Waals surface area contributed by atoms with Gasteiger partial charge in [0.1, 0.15) is 0 Å². The van der Waals surface area contributed by atoms with Gasteiger partial charge < -0.3 is 5.32 Å². The third kappa shape index (κ3) is 4.19. The van der Waals surface area contributed by atoms with Crippen LogP contribution >= 0.6 is 0 Å². The predicted molar refractivity (Wildman–Crippen MR) is 95.3 cm³/mol. The maximum Gasteiger partial charge on any atom is 0.269 e. The van der Waals surface area contributed by atoms with Crippen LogP contribution in [0.3, 0.4) is 0 Å². The van der Waals surface area contributed by atoms with Crippen LogP contribution in [0.15, 0.2) is 48.5 Å². The zero-order chi connectivity index (χ0) is 17.7. The molecule has 0 fully saturated rings. The number of carbonyl (C=O) groups is 1. The largest absolute Gasteiger partial charge is 0.326 e. The summed E-state index contributed by atoms with van der Waals surface area (Å²) in [6.45, 7) is 6.10. The lowest BCUT2D eigenvalue weighted by molar-refractivity contribution is -0.384. The first-order chi connectivity index (χ1) is 11.4. The Morgan fingerprint density at radius 1 is 1.04 bits per heavy atom. The number of carbonyl (C=O) groups excluding carboxylic acids is 1. The molecular weight excluding hydrogens is 304 g/mol. The van der Waals surface area contributed by atoms with E-state index in [1.54, 1.807) is 19.1 Å². The lowest BCUT2D eigenvalue weighted by atomic mass is 9.98. The standard InChI is InChI=1S/C19H22N2O3/c1-4-13(2)15-5-9-17(10-6-15)20-19(22)14(3)16-7-11-18(12-8-16)21(23)24/h5-14H,4H2,1-3H3,(H,20,22)/t13-,14-/m0/s1. The Kier molecular flexibility index (Phi) is 5.68.